The van der Waals surface area contributed by atoms with Crippen LogP contribution in [0.15, 0.2) is 36.8 Å². The first-order valence-corrected chi connectivity index (χ1v) is 8.48. The summed E-state index contributed by atoms with van der Waals surface area (Å²) in [5, 5.41) is 3.96. The lowest BCUT2D eigenvalue weighted by Crippen LogP contribution is -2.38. The van der Waals surface area contributed by atoms with E-state index in [2.05, 4.69) is 30.2 Å². The van der Waals surface area contributed by atoms with Crippen LogP contribution < -0.4 is 10.2 Å². The van der Waals surface area contributed by atoms with E-state index in [1.807, 2.05) is 37.4 Å². The van der Waals surface area contributed by atoms with E-state index >= 15 is 0 Å². The smallest absolute Gasteiger partial charge is 0.228 e. The maximum Gasteiger partial charge on any atom is 0.228 e. The van der Waals surface area contributed by atoms with Crippen molar-refractivity contribution < 1.29 is 4.79 Å². The summed E-state index contributed by atoms with van der Waals surface area (Å²) in [5.74, 6) is 1.61. The van der Waals surface area contributed by atoms with Gasteiger partial charge in [-0.2, -0.15) is 0 Å². The van der Waals surface area contributed by atoms with Gasteiger partial charge in [0.15, 0.2) is 0 Å². The van der Waals surface area contributed by atoms with Gasteiger partial charge < -0.3 is 15.2 Å². The Kier molecular flexibility index (Phi) is 4.05. The van der Waals surface area contributed by atoms with Crippen LogP contribution in [0.4, 0.5) is 11.6 Å². The van der Waals surface area contributed by atoms with E-state index in [4.69, 9.17) is 0 Å². The van der Waals surface area contributed by atoms with Crippen LogP contribution in [-0.2, 0) is 4.79 Å². The standard InChI is InChI=1S/C18H20N6O/c1-12-3-2-4-15(22-12)23-18(25)13-6-9-24(10-7-13)17-14-5-8-19-16(14)20-11-21-17/h2-5,8,11,13H,6-7,9-10H2,1H3,(H,19,20,21)(H,22,23,25). The highest BCUT2D eigenvalue weighted by atomic mass is 16.1. The van der Waals surface area contributed by atoms with E-state index < -0.39 is 0 Å². The minimum absolute atomic E-state index is 0.00196. The molecule has 128 valence electrons. The number of nitrogens with one attached hydrogen (secondary N) is 2. The van der Waals surface area contributed by atoms with E-state index in [9.17, 15) is 4.79 Å². The molecule has 1 aliphatic heterocycles. The van der Waals surface area contributed by atoms with Gasteiger partial charge in [0.25, 0.3) is 0 Å². The van der Waals surface area contributed by atoms with Crippen LogP contribution in [-0.4, -0.2) is 38.9 Å². The first-order chi connectivity index (χ1) is 12.2. The summed E-state index contributed by atoms with van der Waals surface area (Å²) in [6.45, 7) is 3.52. The molecule has 1 fully saturated rings. The number of hydrogen-bond acceptors (Lipinski definition) is 5. The van der Waals surface area contributed by atoms with Crippen LogP contribution in [0, 0.1) is 12.8 Å². The van der Waals surface area contributed by atoms with Crippen molar-refractivity contribution in [3.8, 4) is 0 Å². The van der Waals surface area contributed by atoms with Gasteiger partial charge in [-0.15, -0.1) is 0 Å². The highest BCUT2D eigenvalue weighted by Gasteiger charge is 2.26. The Balaban J connectivity index is 1.41. The van der Waals surface area contributed by atoms with Gasteiger partial charge in [-0.05, 0) is 38.0 Å². The van der Waals surface area contributed by atoms with Crippen molar-refractivity contribution in [2.45, 2.75) is 19.8 Å². The fourth-order valence-corrected chi connectivity index (χ4v) is 3.31. The topological polar surface area (TPSA) is 86.8 Å². The van der Waals surface area contributed by atoms with E-state index in [1.165, 1.54) is 0 Å². The van der Waals surface area contributed by atoms with Crippen LogP contribution in [0.3, 0.4) is 0 Å². The third-order valence-electron chi connectivity index (χ3n) is 4.64. The predicted octanol–water partition coefficient (Wildman–Crippen LogP) is 2.52. The quantitative estimate of drug-likeness (QED) is 0.767. The van der Waals surface area contributed by atoms with Crippen molar-refractivity contribution in [1.82, 2.24) is 19.9 Å². The van der Waals surface area contributed by atoms with E-state index in [0.717, 1.165) is 48.5 Å². The molecule has 0 aromatic carbocycles. The molecule has 0 spiro atoms. The fraction of sp³-hybridized carbons (Fsp3) is 0.333. The fourth-order valence-electron chi connectivity index (χ4n) is 3.31. The Morgan fingerprint density at radius 2 is 2.08 bits per heavy atom. The summed E-state index contributed by atoms with van der Waals surface area (Å²) in [5.41, 5.74) is 1.74. The SMILES string of the molecule is Cc1cccc(NC(=O)C2CCN(c3ncnc4[nH]ccc34)CC2)n1. The lowest BCUT2D eigenvalue weighted by atomic mass is 9.96. The number of pyridine rings is 1. The highest BCUT2D eigenvalue weighted by Crippen LogP contribution is 2.27. The van der Waals surface area contributed by atoms with Crippen molar-refractivity contribution in [1.29, 1.82) is 0 Å². The zero-order valence-corrected chi connectivity index (χ0v) is 14.1. The van der Waals surface area contributed by atoms with Crippen LogP contribution in [0.5, 0.6) is 0 Å². The van der Waals surface area contributed by atoms with Crippen molar-refractivity contribution in [2.75, 3.05) is 23.3 Å². The van der Waals surface area contributed by atoms with Gasteiger partial charge in [-0.3, -0.25) is 4.79 Å². The second-order valence-electron chi connectivity index (χ2n) is 6.35. The number of amides is 1. The van der Waals surface area contributed by atoms with Crippen LogP contribution >= 0.6 is 0 Å². The lowest BCUT2D eigenvalue weighted by molar-refractivity contribution is -0.120. The van der Waals surface area contributed by atoms with Gasteiger partial charge >= 0.3 is 0 Å². The van der Waals surface area contributed by atoms with Gasteiger partial charge in [0, 0.05) is 30.9 Å². The normalized spacial score (nSPS) is 15.5. The number of nitrogens with zero attached hydrogens (tertiary/aromatic N) is 4. The average Bonchev–Trinajstić information content (AvgIpc) is 3.10. The summed E-state index contributed by atoms with van der Waals surface area (Å²) in [7, 11) is 0. The molecule has 3 aromatic rings. The molecule has 1 saturated heterocycles. The van der Waals surface area contributed by atoms with Gasteiger partial charge in [0.1, 0.15) is 23.6 Å². The molecular weight excluding hydrogens is 316 g/mol. The molecule has 7 nitrogen and oxygen atoms in total. The Hall–Kier alpha value is -2.96. The zero-order valence-electron chi connectivity index (χ0n) is 14.1. The lowest BCUT2D eigenvalue weighted by Gasteiger charge is -2.32. The van der Waals surface area contributed by atoms with Crippen molar-refractivity contribution >= 4 is 28.6 Å². The predicted molar refractivity (Wildman–Crippen MR) is 96.4 cm³/mol. The van der Waals surface area contributed by atoms with Gasteiger partial charge in [0.05, 0.1) is 5.39 Å². The first-order valence-electron chi connectivity index (χ1n) is 8.48. The molecule has 0 radical (unpaired) electrons. The van der Waals surface area contributed by atoms with E-state index in [1.54, 1.807) is 6.33 Å². The molecule has 0 unspecified atom stereocenters. The third-order valence-corrected chi connectivity index (χ3v) is 4.64. The minimum atomic E-state index is 0.00196. The molecule has 0 aliphatic carbocycles. The Morgan fingerprint density at radius 1 is 1.24 bits per heavy atom. The summed E-state index contributed by atoms with van der Waals surface area (Å²) in [6, 6.07) is 7.63. The molecule has 2 N–H and O–H groups in total. The maximum atomic E-state index is 12.5. The number of H-pyrrole nitrogens is 1. The second-order valence-corrected chi connectivity index (χ2v) is 6.35. The molecule has 0 atom stereocenters. The minimum Gasteiger partial charge on any atom is -0.356 e. The highest BCUT2D eigenvalue weighted by molar-refractivity contribution is 5.92. The molecule has 25 heavy (non-hydrogen) atoms. The van der Waals surface area contributed by atoms with Crippen molar-refractivity contribution in [3.05, 3.63) is 42.5 Å². The molecule has 7 heteroatoms. The number of piperidine rings is 1. The van der Waals surface area contributed by atoms with Gasteiger partial charge in [0.2, 0.25) is 5.91 Å². The monoisotopic (exact) mass is 336 g/mol. The Morgan fingerprint density at radius 3 is 2.88 bits per heavy atom. The van der Waals surface area contributed by atoms with Crippen molar-refractivity contribution in [3.63, 3.8) is 0 Å². The molecule has 0 saturated carbocycles. The van der Waals surface area contributed by atoms with Gasteiger partial charge in [-0.25, -0.2) is 15.0 Å². The summed E-state index contributed by atoms with van der Waals surface area (Å²) in [6.07, 6.45) is 5.05. The van der Waals surface area contributed by atoms with Gasteiger partial charge in [-0.1, -0.05) is 6.07 Å². The second kappa shape index (κ2) is 6.51. The zero-order chi connectivity index (χ0) is 17.2. The number of hydrogen-bond donors (Lipinski definition) is 2. The molecule has 3 aromatic heterocycles. The van der Waals surface area contributed by atoms with Crippen LogP contribution in [0.1, 0.15) is 18.5 Å². The first kappa shape index (κ1) is 15.6. The molecule has 4 heterocycles. The largest absolute Gasteiger partial charge is 0.356 e. The Labute approximate surface area is 145 Å². The average molecular weight is 336 g/mol. The molecule has 1 aliphatic rings. The maximum absolute atomic E-state index is 12.5. The summed E-state index contributed by atoms with van der Waals surface area (Å²) in [4.78, 5) is 30.8. The third kappa shape index (κ3) is 3.17. The number of carbonyl (C=O) groups is 1. The summed E-state index contributed by atoms with van der Waals surface area (Å²) < 4.78 is 0. The number of carbonyl (C=O) groups excluding carboxylic acids is 1. The Bertz CT molecular complexity index is 897. The number of rotatable bonds is 3. The number of aryl methyl sites for hydroxylation is 1. The molecule has 4 rings (SSSR count). The molecule has 1 amide bonds. The van der Waals surface area contributed by atoms with E-state index in [-0.39, 0.29) is 11.8 Å². The van der Waals surface area contributed by atoms with E-state index in [0.29, 0.717) is 5.82 Å². The number of aromatic nitrogens is 4. The molecule has 0 bridgehead atoms. The summed E-state index contributed by atoms with van der Waals surface area (Å²) >= 11 is 0. The van der Waals surface area contributed by atoms with Crippen molar-refractivity contribution in [2.24, 2.45) is 5.92 Å². The number of aromatic amines is 1. The van der Waals surface area contributed by atoms with Crippen LogP contribution in [0.2, 0.25) is 0 Å². The van der Waals surface area contributed by atoms with Crippen LogP contribution in [0.25, 0.3) is 11.0 Å². The number of anilines is 2. The number of fused-ring (bicyclic) bond motifs is 1. The molecular formula is C18H20N6O.